The van der Waals surface area contributed by atoms with Gasteiger partial charge in [-0.15, -0.1) is 11.8 Å². The van der Waals surface area contributed by atoms with Crippen molar-refractivity contribution in [2.24, 2.45) is 5.16 Å². The molecule has 4 heterocycles. The first-order valence-electron chi connectivity index (χ1n) is 13.0. The molecular weight excluding hydrogens is 620 g/mol. The second kappa shape index (κ2) is 12.2. The molecule has 0 radical (unpaired) electrons. The number of nitrogens with two attached hydrogens (primary N) is 1. The van der Waals surface area contributed by atoms with Crippen LogP contribution in [0.5, 0.6) is 5.75 Å². The van der Waals surface area contributed by atoms with E-state index >= 15 is 0 Å². The maximum Gasteiger partial charge on any atom is 0.350 e. The molecule has 0 spiro atoms. The van der Waals surface area contributed by atoms with Crippen LogP contribution in [0.4, 0.5) is 5.13 Å². The third-order valence-corrected chi connectivity index (χ3v) is 8.72. The lowest BCUT2D eigenvalue weighted by molar-refractivity contribution is -0.885. The number of carboxylic acid groups (broad SMARTS) is 2. The Kier molecular flexibility index (Phi) is 9.03. The van der Waals surface area contributed by atoms with E-state index in [-0.39, 0.29) is 29.0 Å². The van der Waals surface area contributed by atoms with Gasteiger partial charge in [-0.25, -0.2) is 4.79 Å². The summed E-state index contributed by atoms with van der Waals surface area (Å²) in [6.07, 6.45) is 1.64. The van der Waals surface area contributed by atoms with Crippen molar-refractivity contribution in [3.05, 3.63) is 45.3 Å². The van der Waals surface area contributed by atoms with Gasteiger partial charge in [-0.05, 0) is 13.8 Å². The number of hydrogen-bond donors (Lipinski definition) is 5. The molecule has 2 atom stereocenters. The summed E-state index contributed by atoms with van der Waals surface area (Å²) in [6.45, 7) is 3.16. The Balaban J connectivity index is 1.50. The van der Waals surface area contributed by atoms with Crippen LogP contribution in [0.3, 0.4) is 0 Å². The first kappa shape index (κ1) is 32.4. The Labute approximate surface area is 258 Å². The van der Waals surface area contributed by atoms with Crippen molar-refractivity contribution in [2.75, 3.05) is 38.7 Å². The molecule has 0 bridgehead atoms. The van der Waals surface area contributed by atoms with Gasteiger partial charge in [-0.3, -0.25) is 19.3 Å². The molecule has 0 aliphatic carbocycles. The molecule has 0 unspecified atom stereocenters. The topological polar surface area (TPSA) is 253 Å². The van der Waals surface area contributed by atoms with Crippen molar-refractivity contribution in [3.8, 4) is 5.75 Å². The summed E-state index contributed by atoms with van der Waals surface area (Å²) in [6, 6.07) is 0.148. The molecule has 2 aromatic heterocycles. The Hall–Kier alpha value is -4.49. The van der Waals surface area contributed by atoms with Crippen LogP contribution in [0.15, 0.2) is 33.5 Å². The fraction of sp³-hybridized carbons (Fsp3) is 0.440. The molecule has 19 heteroatoms. The molecule has 2 aliphatic rings. The number of aliphatic carboxylic acids is 2. The summed E-state index contributed by atoms with van der Waals surface area (Å²) >= 11 is 2.00. The number of β-lactam (4-membered cyclic amide) rings is 1. The number of aromatic nitrogens is 3. The number of nitrogens with one attached hydrogen (secondary N) is 2. The molecule has 2 aliphatic heterocycles. The maximum atomic E-state index is 13.2. The third-order valence-electron chi connectivity index (χ3n) is 6.83. The van der Waals surface area contributed by atoms with Gasteiger partial charge in [0.25, 0.3) is 11.8 Å². The van der Waals surface area contributed by atoms with E-state index in [1.807, 2.05) is 14.1 Å². The summed E-state index contributed by atoms with van der Waals surface area (Å²) in [4.78, 5) is 74.7. The average molecular weight is 651 g/mol. The van der Waals surface area contributed by atoms with Crippen molar-refractivity contribution in [3.63, 3.8) is 0 Å². The highest BCUT2D eigenvalue weighted by Gasteiger charge is 2.53. The van der Waals surface area contributed by atoms with Crippen molar-refractivity contribution in [1.29, 1.82) is 0 Å². The summed E-state index contributed by atoms with van der Waals surface area (Å²) < 4.78 is 4.22. The number of carbonyl (C=O) groups is 4. The minimum atomic E-state index is -1.81. The number of carbonyl (C=O) groups excluding carboxylic acids is 3. The van der Waals surface area contributed by atoms with Gasteiger partial charge in [0.05, 0.1) is 32.3 Å². The van der Waals surface area contributed by atoms with E-state index in [4.69, 9.17) is 10.6 Å². The number of rotatable bonds is 12. The Morgan fingerprint density at radius 3 is 2.64 bits per heavy atom. The van der Waals surface area contributed by atoms with Crippen molar-refractivity contribution in [2.45, 2.75) is 37.3 Å². The first-order chi connectivity index (χ1) is 20.5. The highest BCUT2D eigenvalue weighted by molar-refractivity contribution is 8.00. The van der Waals surface area contributed by atoms with E-state index in [0.29, 0.717) is 28.7 Å². The maximum absolute atomic E-state index is 13.2. The summed E-state index contributed by atoms with van der Waals surface area (Å²) in [5, 5.41) is 36.4. The summed E-state index contributed by atoms with van der Waals surface area (Å²) in [5.41, 5.74) is 3.56. The van der Waals surface area contributed by atoms with Crippen molar-refractivity contribution >= 4 is 57.9 Å². The Bertz CT molecular complexity index is 1630. The highest BCUT2D eigenvalue weighted by Crippen LogP contribution is 2.40. The van der Waals surface area contributed by atoms with Gasteiger partial charge in [0, 0.05) is 47.2 Å². The molecule has 0 saturated carbocycles. The first-order valence-corrected chi connectivity index (χ1v) is 14.8. The summed E-state index contributed by atoms with van der Waals surface area (Å²) in [5.74, 6) is -4.97. The van der Waals surface area contributed by atoms with E-state index in [1.165, 1.54) is 37.9 Å². The van der Waals surface area contributed by atoms with Crippen molar-refractivity contribution in [1.82, 2.24) is 24.6 Å². The lowest BCUT2D eigenvalue weighted by Gasteiger charge is -2.51. The molecule has 1 fully saturated rings. The molecule has 1 saturated heterocycles. The van der Waals surface area contributed by atoms with Gasteiger partial charge >= 0.3 is 5.97 Å². The number of aromatic amines is 1. The van der Waals surface area contributed by atoms with Crippen LogP contribution in [0, 0.1) is 0 Å². The van der Waals surface area contributed by atoms with Gasteiger partial charge < -0.3 is 45.5 Å². The third kappa shape index (κ3) is 6.84. The number of carboxylic acids is 2. The second-order valence-electron chi connectivity index (χ2n) is 11.2. The van der Waals surface area contributed by atoms with Gasteiger partial charge in [0.2, 0.25) is 22.6 Å². The number of thioether (sulfide) groups is 1. The number of pyridine rings is 1. The molecular formula is C25H30N8O9S2. The van der Waals surface area contributed by atoms with E-state index < -0.39 is 57.7 Å². The van der Waals surface area contributed by atoms with Gasteiger partial charge in [-0.2, -0.15) is 9.36 Å². The zero-order valence-electron chi connectivity index (χ0n) is 24.0. The number of oxime groups is 1. The van der Waals surface area contributed by atoms with E-state index in [9.17, 15) is 39.3 Å². The van der Waals surface area contributed by atoms with Gasteiger partial charge in [0.15, 0.2) is 10.9 Å². The normalized spacial score (nSPS) is 18.9. The zero-order chi connectivity index (χ0) is 32.6. The van der Waals surface area contributed by atoms with Gasteiger partial charge in [0.1, 0.15) is 18.0 Å². The largest absolute Gasteiger partial charge is 0.543 e. The molecule has 6 N–H and O–H groups in total. The summed E-state index contributed by atoms with van der Waals surface area (Å²) in [7, 11) is 3.73. The molecule has 0 aromatic carbocycles. The fourth-order valence-electron chi connectivity index (χ4n) is 4.39. The molecule has 17 nitrogen and oxygen atoms in total. The Morgan fingerprint density at radius 1 is 1.34 bits per heavy atom. The average Bonchev–Trinajstić information content (AvgIpc) is 3.37. The molecule has 2 aromatic rings. The lowest BCUT2D eigenvalue weighted by atomic mass is 10.0. The van der Waals surface area contributed by atoms with E-state index in [1.54, 1.807) is 0 Å². The molecule has 4 rings (SSSR count). The van der Waals surface area contributed by atoms with E-state index in [2.05, 4.69) is 24.8 Å². The smallest absolute Gasteiger partial charge is 0.350 e. The number of nitrogen functional groups attached to an aromatic ring is 1. The quantitative estimate of drug-likeness (QED) is 0.0710. The minimum Gasteiger partial charge on any atom is -0.543 e. The SMILES string of the molecule is CC(C)(ON=C(C(=O)N[C@@H]1C(=O)N2C(C(=O)[O-])=C(C[N+](C)(C)CCc3cc(=O)c(O)c[nH]3)CS[C@@H]12)c1nsc(N)n1)C(=O)O. The van der Waals surface area contributed by atoms with Crippen LogP contribution in [0.1, 0.15) is 25.4 Å². The fourth-order valence-corrected chi connectivity index (χ4v) is 6.16. The highest BCUT2D eigenvalue weighted by atomic mass is 32.2. The number of likely N-dealkylation sites (N-methyl/N-ethyl adjacent to an activating group) is 1. The number of nitrogens with zero attached hydrogens (tertiary/aromatic N) is 5. The number of quaternary nitrogens is 1. The standard InChI is InChI=1S/C25H30N8O9S2/c1-25(2,23(40)41)42-30-15(18-29-24(26)44-31-18)19(36)28-16-20(37)32-17(22(38)39)11(10-43-21(16)32)9-33(3,4)6-5-12-7-13(34)14(35)8-27-12/h7-8,16,21H,5-6,9-10H2,1-4H3,(H6-,26,27,28,29,30,31,34,35,36,38,39,40,41)/t16-,21+/m1/s1. The van der Waals surface area contributed by atoms with Crippen LogP contribution in [0.25, 0.3) is 0 Å². The number of hydrogen-bond acceptors (Lipinski definition) is 14. The monoisotopic (exact) mass is 650 g/mol. The lowest BCUT2D eigenvalue weighted by Crippen LogP contribution is -2.71. The van der Waals surface area contributed by atoms with Crippen LogP contribution >= 0.6 is 23.3 Å². The van der Waals surface area contributed by atoms with E-state index in [0.717, 1.165) is 16.4 Å². The zero-order valence-corrected chi connectivity index (χ0v) is 25.7. The number of fused-ring (bicyclic) bond motifs is 1. The van der Waals surface area contributed by atoms with Crippen LogP contribution < -0.4 is 21.6 Å². The molecule has 2 amide bonds. The Morgan fingerprint density at radius 2 is 2.05 bits per heavy atom. The number of aromatic hydroxyl groups is 1. The van der Waals surface area contributed by atoms with Crippen LogP contribution in [0.2, 0.25) is 0 Å². The van der Waals surface area contributed by atoms with Gasteiger partial charge in [-0.1, -0.05) is 5.16 Å². The number of amides is 2. The predicted octanol–water partition coefficient (Wildman–Crippen LogP) is -2.18. The molecule has 44 heavy (non-hydrogen) atoms. The number of H-pyrrole nitrogens is 1. The predicted molar refractivity (Wildman–Crippen MR) is 155 cm³/mol. The van der Waals surface area contributed by atoms with Crippen LogP contribution in [-0.4, -0.2) is 113 Å². The number of anilines is 1. The molecule has 236 valence electrons. The van der Waals surface area contributed by atoms with Crippen LogP contribution in [-0.2, 0) is 30.4 Å². The minimum absolute atomic E-state index is 0.000622. The van der Waals surface area contributed by atoms with Crippen molar-refractivity contribution < 1.29 is 43.8 Å². The second-order valence-corrected chi connectivity index (χ2v) is 13.1.